The predicted octanol–water partition coefficient (Wildman–Crippen LogP) is 1.64. The minimum Gasteiger partial charge on any atom is -0.435 e. The molecule has 1 rings (SSSR count). The van der Waals surface area contributed by atoms with Crippen LogP contribution in [-0.4, -0.2) is 43.4 Å². The summed E-state index contributed by atoms with van der Waals surface area (Å²) >= 11 is 0. The number of carbonyl (C=O) groups is 1. The van der Waals surface area contributed by atoms with Gasteiger partial charge in [0.25, 0.3) is 0 Å². The molecule has 14 heavy (non-hydrogen) atoms. The highest BCUT2D eigenvalue weighted by Gasteiger charge is 2.24. The number of nitrogens with zero attached hydrogens (tertiary/aromatic N) is 1. The molecule has 1 atom stereocenters. The zero-order valence-corrected chi connectivity index (χ0v) is 8.99. The zero-order valence-electron chi connectivity index (χ0n) is 8.99. The van der Waals surface area contributed by atoms with Crippen LogP contribution < -0.4 is 0 Å². The summed E-state index contributed by atoms with van der Waals surface area (Å²) in [5.74, 6) is 0. The van der Waals surface area contributed by atoms with Crippen molar-refractivity contribution in [2.45, 2.75) is 32.7 Å². The Labute approximate surface area is 85.2 Å². The third kappa shape index (κ3) is 3.18. The Hall–Kier alpha value is -0.770. The lowest BCUT2D eigenvalue weighted by Crippen LogP contribution is -2.33. The van der Waals surface area contributed by atoms with Crippen molar-refractivity contribution in [2.24, 2.45) is 0 Å². The molecule has 0 aromatic carbocycles. The topological polar surface area (TPSA) is 38.8 Å². The summed E-state index contributed by atoms with van der Waals surface area (Å²) in [6.07, 6.45) is 1.77. The lowest BCUT2D eigenvalue weighted by molar-refractivity contribution is 0.0415. The fourth-order valence-corrected chi connectivity index (χ4v) is 1.82. The average Bonchev–Trinajstić information content (AvgIpc) is 2.62. The maximum absolute atomic E-state index is 10.9. The van der Waals surface area contributed by atoms with E-state index in [0.717, 1.165) is 19.5 Å². The minimum absolute atomic E-state index is 0.376. The van der Waals surface area contributed by atoms with Crippen molar-refractivity contribution in [1.82, 2.24) is 4.90 Å². The maximum atomic E-state index is 10.9. The van der Waals surface area contributed by atoms with Gasteiger partial charge in [0.15, 0.2) is 0 Å². The molecule has 0 aliphatic carbocycles. The number of likely N-dealkylation sites (N-methyl/N-ethyl adjacent to an activating group) is 1. The van der Waals surface area contributed by atoms with Crippen molar-refractivity contribution in [1.29, 1.82) is 0 Å². The van der Waals surface area contributed by atoms with E-state index in [2.05, 4.69) is 11.8 Å². The number of carbonyl (C=O) groups excluding carboxylic acids is 1. The van der Waals surface area contributed by atoms with Gasteiger partial charge in [-0.25, -0.2) is 4.79 Å². The van der Waals surface area contributed by atoms with Gasteiger partial charge in [-0.15, -0.1) is 0 Å². The van der Waals surface area contributed by atoms with Crippen LogP contribution in [0.2, 0.25) is 0 Å². The molecule has 0 unspecified atom stereocenters. The lowest BCUT2D eigenvalue weighted by atomic mass is 10.2. The van der Waals surface area contributed by atoms with Gasteiger partial charge in [0.05, 0.1) is 6.61 Å². The fourth-order valence-electron chi connectivity index (χ4n) is 1.82. The molecule has 4 heteroatoms. The van der Waals surface area contributed by atoms with Crippen molar-refractivity contribution in [3.05, 3.63) is 0 Å². The van der Waals surface area contributed by atoms with Crippen molar-refractivity contribution < 1.29 is 14.3 Å². The standard InChI is InChI=1S/C10H19NO3/c1-3-11-7-5-6-9(11)8-14-10(12)13-4-2/h9H,3-8H2,1-2H3/t9-/m0/s1. The summed E-state index contributed by atoms with van der Waals surface area (Å²) in [5.41, 5.74) is 0. The summed E-state index contributed by atoms with van der Waals surface area (Å²) in [6, 6.07) is 0.393. The number of hydrogen-bond donors (Lipinski definition) is 0. The average molecular weight is 201 g/mol. The Bertz CT molecular complexity index is 184. The van der Waals surface area contributed by atoms with Crippen LogP contribution in [0.1, 0.15) is 26.7 Å². The van der Waals surface area contributed by atoms with Crippen LogP contribution in [0.15, 0.2) is 0 Å². The van der Waals surface area contributed by atoms with Crippen LogP contribution in [0, 0.1) is 0 Å². The highest BCUT2D eigenvalue weighted by Crippen LogP contribution is 2.16. The van der Waals surface area contributed by atoms with E-state index in [-0.39, 0.29) is 0 Å². The number of likely N-dealkylation sites (tertiary alicyclic amines) is 1. The molecule has 0 aromatic heterocycles. The largest absolute Gasteiger partial charge is 0.508 e. The molecule has 1 aliphatic heterocycles. The molecule has 0 saturated carbocycles. The van der Waals surface area contributed by atoms with Crippen LogP contribution in [0.4, 0.5) is 4.79 Å². The first-order valence-electron chi connectivity index (χ1n) is 5.31. The summed E-state index contributed by atoms with van der Waals surface area (Å²) < 4.78 is 9.69. The Morgan fingerprint density at radius 3 is 2.86 bits per heavy atom. The van der Waals surface area contributed by atoms with Gasteiger partial charge in [0.1, 0.15) is 6.61 Å². The van der Waals surface area contributed by atoms with Gasteiger partial charge in [0.2, 0.25) is 0 Å². The van der Waals surface area contributed by atoms with E-state index in [1.807, 2.05) is 0 Å². The maximum Gasteiger partial charge on any atom is 0.508 e. The van der Waals surface area contributed by atoms with Gasteiger partial charge in [-0.1, -0.05) is 6.92 Å². The summed E-state index contributed by atoms with van der Waals surface area (Å²) in [7, 11) is 0. The zero-order chi connectivity index (χ0) is 10.4. The van der Waals surface area contributed by atoms with Gasteiger partial charge in [0, 0.05) is 6.04 Å². The van der Waals surface area contributed by atoms with Crippen molar-refractivity contribution in [2.75, 3.05) is 26.3 Å². The second-order valence-electron chi connectivity index (χ2n) is 3.42. The van der Waals surface area contributed by atoms with Crippen LogP contribution in [-0.2, 0) is 9.47 Å². The number of hydrogen-bond acceptors (Lipinski definition) is 4. The van der Waals surface area contributed by atoms with Crippen LogP contribution in [0.5, 0.6) is 0 Å². The van der Waals surface area contributed by atoms with Gasteiger partial charge in [-0.2, -0.15) is 0 Å². The normalized spacial score (nSPS) is 22.3. The molecule has 1 saturated heterocycles. The highest BCUT2D eigenvalue weighted by atomic mass is 16.7. The van der Waals surface area contributed by atoms with Crippen molar-refractivity contribution in [3.63, 3.8) is 0 Å². The monoisotopic (exact) mass is 201 g/mol. The molecular weight excluding hydrogens is 182 g/mol. The Balaban J connectivity index is 2.20. The molecule has 82 valence electrons. The third-order valence-corrected chi connectivity index (χ3v) is 2.56. The van der Waals surface area contributed by atoms with Crippen molar-refractivity contribution in [3.8, 4) is 0 Å². The van der Waals surface area contributed by atoms with E-state index in [0.29, 0.717) is 19.3 Å². The fraction of sp³-hybridized carbons (Fsp3) is 0.900. The molecule has 1 heterocycles. The highest BCUT2D eigenvalue weighted by molar-refractivity contribution is 5.59. The van der Waals surface area contributed by atoms with Gasteiger partial charge >= 0.3 is 6.16 Å². The summed E-state index contributed by atoms with van der Waals surface area (Å²) in [5, 5.41) is 0. The van der Waals surface area contributed by atoms with Crippen LogP contribution in [0.3, 0.4) is 0 Å². The van der Waals surface area contributed by atoms with E-state index < -0.39 is 6.16 Å². The molecule has 0 N–H and O–H groups in total. The molecule has 1 fully saturated rings. The third-order valence-electron chi connectivity index (χ3n) is 2.56. The van der Waals surface area contributed by atoms with Gasteiger partial charge in [-0.05, 0) is 32.9 Å². The van der Waals surface area contributed by atoms with E-state index in [4.69, 9.17) is 9.47 Å². The first-order chi connectivity index (χ1) is 6.77. The Morgan fingerprint density at radius 1 is 1.43 bits per heavy atom. The van der Waals surface area contributed by atoms with Gasteiger partial charge < -0.3 is 9.47 Å². The molecule has 0 radical (unpaired) electrons. The molecule has 1 aliphatic rings. The Kier molecular flexibility index (Phi) is 4.73. The Morgan fingerprint density at radius 2 is 2.21 bits per heavy atom. The molecule has 0 aromatic rings. The SMILES string of the molecule is CCOC(=O)OC[C@@H]1CCCN1CC. The summed E-state index contributed by atoms with van der Waals surface area (Å²) in [6.45, 7) is 6.88. The molecule has 0 bridgehead atoms. The number of ether oxygens (including phenoxy) is 2. The summed E-state index contributed by atoms with van der Waals surface area (Å²) in [4.78, 5) is 13.3. The lowest BCUT2D eigenvalue weighted by Gasteiger charge is -2.21. The van der Waals surface area contributed by atoms with E-state index in [1.165, 1.54) is 6.42 Å². The van der Waals surface area contributed by atoms with Crippen LogP contribution in [0.25, 0.3) is 0 Å². The molecule has 0 amide bonds. The van der Waals surface area contributed by atoms with E-state index in [9.17, 15) is 4.79 Å². The smallest absolute Gasteiger partial charge is 0.435 e. The number of rotatable bonds is 4. The molecule has 4 nitrogen and oxygen atoms in total. The van der Waals surface area contributed by atoms with E-state index in [1.54, 1.807) is 6.92 Å². The van der Waals surface area contributed by atoms with Gasteiger partial charge in [-0.3, -0.25) is 4.90 Å². The van der Waals surface area contributed by atoms with Crippen LogP contribution >= 0.6 is 0 Å². The first kappa shape index (κ1) is 11.3. The molecular formula is C10H19NO3. The second kappa shape index (κ2) is 5.86. The van der Waals surface area contributed by atoms with Crippen molar-refractivity contribution >= 4 is 6.16 Å². The molecule has 0 spiro atoms. The second-order valence-corrected chi connectivity index (χ2v) is 3.42. The first-order valence-corrected chi connectivity index (χ1v) is 5.31. The minimum atomic E-state index is -0.546. The van der Waals surface area contributed by atoms with E-state index >= 15 is 0 Å². The predicted molar refractivity (Wildman–Crippen MR) is 53.2 cm³/mol. The quantitative estimate of drug-likeness (QED) is 0.648.